The number of allylic oxidation sites excluding steroid dienone is 1. The number of pyridine rings is 1. The molecule has 0 bridgehead atoms. The van der Waals surface area contributed by atoms with Gasteiger partial charge in [-0.3, -0.25) is 14.6 Å². The molecule has 5 atom stereocenters. The molecule has 1 aromatic heterocycles. The highest BCUT2D eigenvalue weighted by atomic mass is 16.6. The van der Waals surface area contributed by atoms with Crippen LogP contribution in [-0.2, 0) is 23.9 Å². The van der Waals surface area contributed by atoms with Crippen molar-refractivity contribution in [1.82, 2.24) is 20.7 Å². The summed E-state index contributed by atoms with van der Waals surface area (Å²) in [5.41, 5.74) is 2.94. The second-order valence-corrected chi connectivity index (χ2v) is 15.1. The molecule has 1 aliphatic heterocycles. The number of esters is 1. The molecule has 2 saturated carbocycles. The Morgan fingerprint density at radius 3 is 2.53 bits per heavy atom. The summed E-state index contributed by atoms with van der Waals surface area (Å²) in [6.45, 7) is 7.40. The van der Waals surface area contributed by atoms with Gasteiger partial charge in [-0.2, -0.15) is 0 Å². The van der Waals surface area contributed by atoms with E-state index in [1.165, 1.54) is 5.01 Å². The van der Waals surface area contributed by atoms with Crippen molar-refractivity contribution in [2.24, 2.45) is 17.8 Å². The van der Waals surface area contributed by atoms with Gasteiger partial charge in [-0.1, -0.05) is 48.9 Å². The van der Waals surface area contributed by atoms with Crippen LogP contribution < -0.4 is 20.2 Å². The first-order valence-electron chi connectivity index (χ1n) is 18.6. The first-order valence-corrected chi connectivity index (χ1v) is 18.6. The average Bonchev–Trinajstić information content (AvgIpc) is 3.66. The average molecular weight is 727 g/mol. The zero-order valence-corrected chi connectivity index (χ0v) is 31.2. The molecule has 0 radical (unpaired) electrons. The standard InChI is InChI=1S/C41H50N4O8/c1-6-51-38(48)41-25-27(41)17-13-8-7-9-14-20-45(44-39(49)53-40(2,3)4)37(47)32-22-29(21-31(32)36(46)43-41)52-35-24-33(26-15-11-10-12-16-26)42-34-23-28(50-5)18-19-30(34)35/h10-13,15-19,23-24,27,29,31-32H,6-9,14,20-22,25H2,1-5H3,(H,43,46)(H,44,49)/b17-13-/t27-,29+,31+,32+,41+/m0/s1. The largest absolute Gasteiger partial charge is 0.497 e. The molecule has 2 aromatic carbocycles. The van der Waals surface area contributed by atoms with E-state index in [0.29, 0.717) is 35.6 Å². The summed E-state index contributed by atoms with van der Waals surface area (Å²) in [6, 6.07) is 17.2. The summed E-state index contributed by atoms with van der Waals surface area (Å²) < 4.78 is 23.2. The molecule has 6 rings (SSSR count). The van der Waals surface area contributed by atoms with Crippen molar-refractivity contribution in [3.05, 3.63) is 66.7 Å². The molecule has 0 spiro atoms. The fourth-order valence-electron chi connectivity index (χ4n) is 7.31. The minimum Gasteiger partial charge on any atom is -0.497 e. The number of amides is 3. The van der Waals surface area contributed by atoms with E-state index in [9.17, 15) is 19.2 Å². The summed E-state index contributed by atoms with van der Waals surface area (Å²) in [4.78, 5) is 60.1. The van der Waals surface area contributed by atoms with E-state index in [0.717, 1.165) is 30.2 Å². The Bertz CT molecular complexity index is 1860. The van der Waals surface area contributed by atoms with Gasteiger partial charge in [-0.05, 0) is 78.4 Å². The highest BCUT2D eigenvalue weighted by Crippen LogP contribution is 2.47. The molecule has 2 aliphatic carbocycles. The zero-order chi connectivity index (χ0) is 37.8. The predicted molar refractivity (Wildman–Crippen MR) is 199 cm³/mol. The lowest BCUT2D eigenvalue weighted by Gasteiger charge is -2.30. The molecule has 3 aromatic rings. The molecular weight excluding hydrogens is 676 g/mol. The number of aromatic nitrogens is 1. The number of nitrogens with one attached hydrogen (secondary N) is 2. The molecule has 3 amide bonds. The molecule has 2 heterocycles. The molecule has 282 valence electrons. The smallest absolute Gasteiger partial charge is 0.426 e. The quantitative estimate of drug-likeness (QED) is 0.205. The van der Waals surface area contributed by atoms with Gasteiger partial charge >= 0.3 is 12.1 Å². The normalized spacial score (nSPS) is 25.5. The SMILES string of the molecule is CCOC(=O)[C@@]12C[C@@H]1/C=C\CCCCCN(NC(=O)OC(C)(C)C)C(=O)[C@@H]1C[C@H](Oc3cc(-c4ccccc4)nc4cc(OC)ccc34)C[C@H]1C(=O)N2. The zero-order valence-electron chi connectivity index (χ0n) is 31.2. The number of carbonyl (C=O) groups is 4. The van der Waals surface area contributed by atoms with Crippen LogP contribution in [0.25, 0.3) is 22.2 Å². The topological polar surface area (TPSA) is 145 Å². The Morgan fingerprint density at radius 2 is 1.79 bits per heavy atom. The van der Waals surface area contributed by atoms with Crippen molar-refractivity contribution >= 4 is 34.8 Å². The van der Waals surface area contributed by atoms with Gasteiger partial charge in [0.2, 0.25) is 11.8 Å². The Kier molecular flexibility index (Phi) is 11.3. The van der Waals surface area contributed by atoms with Crippen molar-refractivity contribution in [1.29, 1.82) is 0 Å². The van der Waals surface area contributed by atoms with Gasteiger partial charge in [0.05, 0.1) is 36.8 Å². The van der Waals surface area contributed by atoms with E-state index in [2.05, 4.69) is 10.7 Å². The van der Waals surface area contributed by atoms with Crippen LogP contribution in [-0.4, -0.2) is 71.4 Å². The molecule has 0 saturated heterocycles. The van der Waals surface area contributed by atoms with E-state index in [1.807, 2.05) is 66.7 Å². The third-order valence-corrected chi connectivity index (χ3v) is 10.0. The fraction of sp³-hybridized carbons (Fsp3) is 0.488. The van der Waals surface area contributed by atoms with Crippen LogP contribution in [0.3, 0.4) is 0 Å². The van der Waals surface area contributed by atoms with E-state index < -0.39 is 53.0 Å². The number of methoxy groups -OCH3 is 1. The third-order valence-electron chi connectivity index (χ3n) is 10.0. The second-order valence-electron chi connectivity index (χ2n) is 15.1. The van der Waals surface area contributed by atoms with E-state index in [4.69, 9.17) is 23.9 Å². The molecule has 53 heavy (non-hydrogen) atoms. The second kappa shape index (κ2) is 15.9. The van der Waals surface area contributed by atoms with E-state index >= 15 is 0 Å². The minimum atomic E-state index is -1.20. The molecule has 2 N–H and O–H groups in total. The lowest BCUT2D eigenvalue weighted by molar-refractivity contribution is -0.150. The lowest BCUT2D eigenvalue weighted by atomic mass is 9.93. The maximum Gasteiger partial charge on any atom is 0.426 e. The number of hydrogen-bond acceptors (Lipinski definition) is 9. The molecule has 12 nitrogen and oxygen atoms in total. The van der Waals surface area contributed by atoms with Gasteiger partial charge in [-0.15, -0.1) is 0 Å². The number of hydrogen-bond donors (Lipinski definition) is 2. The molecule has 2 fully saturated rings. The summed E-state index contributed by atoms with van der Waals surface area (Å²) in [5.74, 6) is -2.07. The van der Waals surface area contributed by atoms with Crippen molar-refractivity contribution in [2.45, 2.75) is 89.9 Å². The maximum atomic E-state index is 14.5. The number of hydrazine groups is 1. The molecule has 3 aliphatic rings. The van der Waals surface area contributed by atoms with Crippen LogP contribution in [0.2, 0.25) is 0 Å². The van der Waals surface area contributed by atoms with Crippen LogP contribution in [0.1, 0.15) is 72.6 Å². The first-order chi connectivity index (χ1) is 25.4. The van der Waals surface area contributed by atoms with Crippen LogP contribution >= 0.6 is 0 Å². The van der Waals surface area contributed by atoms with Crippen LogP contribution in [0.5, 0.6) is 11.5 Å². The highest BCUT2D eigenvalue weighted by Gasteiger charge is 2.62. The Hall–Kier alpha value is -5.13. The molecule has 12 heteroatoms. The van der Waals surface area contributed by atoms with Crippen molar-refractivity contribution < 1.29 is 38.1 Å². The summed E-state index contributed by atoms with van der Waals surface area (Å²) in [7, 11) is 1.60. The maximum absolute atomic E-state index is 14.5. The number of benzene rings is 2. The van der Waals surface area contributed by atoms with Gasteiger partial charge < -0.3 is 24.3 Å². The van der Waals surface area contributed by atoms with Gasteiger partial charge in [0.15, 0.2) is 0 Å². The number of nitrogens with zero attached hydrogens (tertiary/aromatic N) is 2. The number of ether oxygens (including phenoxy) is 4. The van der Waals surface area contributed by atoms with E-state index in [-0.39, 0.29) is 31.9 Å². The molecular formula is C41H50N4O8. The van der Waals surface area contributed by atoms with Crippen molar-refractivity contribution in [3.8, 4) is 22.8 Å². The van der Waals surface area contributed by atoms with Crippen LogP contribution in [0, 0.1) is 17.8 Å². The third kappa shape index (κ3) is 8.75. The lowest BCUT2D eigenvalue weighted by Crippen LogP contribution is -2.53. The summed E-state index contributed by atoms with van der Waals surface area (Å²) in [5, 5.41) is 5.07. The number of carbonyl (C=O) groups excluding carboxylic acids is 4. The van der Waals surface area contributed by atoms with Gasteiger partial charge in [0.25, 0.3) is 0 Å². The van der Waals surface area contributed by atoms with Crippen LogP contribution in [0.4, 0.5) is 4.79 Å². The Labute approximate surface area is 310 Å². The Balaban J connectivity index is 1.35. The van der Waals surface area contributed by atoms with E-state index in [1.54, 1.807) is 34.8 Å². The van der Waals surface area contributed by atoms with Crippen molar-refractivity contribution in [2.75, 3.05) is 20.3 Å². The fourth-order valence-corrected chi connectivity index (χ4v) is 7.31. The first kappa shape index (κ1) is 37.6. The minimum absolute atomic E-state index is 0.176. The molecule has 0 unspecified atom stereocenters. The van der Waals surface area contributed by atoms with Crippen molar-refractivity contribution in [3.63, 3.8) is 0 Å². The summed E-state index contributed by atoms with van der Waals surface area (Å²) >= 11 is 0. The highest BCUT2D eigenvalue weighted by molar-refractivity contribution is 5.95. The predicted octanol–water partition coefficient (Wildman–Crippen LogP) is 6.52. The van der Waals surface area contributed by atoms with Gasteiger partial charge in [0.1, 0.15) is 28.7 Å². The number of rotatable bonds is 7. The monoisotopic (exact) mass is 726 g/mol. The van der Waals surface area contributed by atoms with Crippen LogP contribution in [0.15, 0.2) is 66.7 Å². The van der Waals surface area contributed by atoms with Gasteiger partial charge in [0, 0.05) is 35.5 Å². The Morgan fingerprint density at radius 1 is 1.02 bits per heavy atom. The summed E-state index contributed by atoms with van der Waals surface area (Å²) in [6.07, 6.45) is 6.59. The number of fused-ring (bicyclic) bond motifs is 3. The van der Waals surface area contributed by atoms with Gasteiger partial charge in [-0.25, -0.2) is 20.0 Å².